The summed E-state index contributed by atoms with van der Waals surface area (Å²) in [6, 6.07) is 20.7. The molecule has 1 atom stereocenters. The minimum Gasteiger partial charge on any atom is -0.348 e. The summed E-state index contributed by atoms with van der Waals surface area (Å²) in [4.78, 5) is 13.0. The molecular formula is C24H25BrN2O3S. The van der Waals surface area contributed by atoms with Gasteiger partial charge in [0.15, 0.2) is 0 Å². The zero-order chi connectivity index (χ0) is 22.6. The third-order valence-corrected chi connectivity index (χ3v) is 7.46. The molecule has 0 aromatic heterocycles. The van der Waals surface area contributed by atoms with Crippen LogP contribution in [0.15, 0.2) is 82.2 Å². The maximum Gasteiger partial charge on any atom is 0.264 e. The van der Waals surface area contributed by atoms with Crippen LogP contribution in [0.3, 0.4) is 0 Å². The average Bonchev–Trinajstić information content (AvgIpc) is 2.75. The van der Waals surface area contributed by atoms with E-state index in [-0.39, 0.29) is 23.4 Å². The number of amides is 1. The maximum atomic E-state index is 13.3. The second-order valence-electron chi connectivity index (χ2n) is 7.43. The average molecular weight is 501 g/mol. The van der Waals surface area contributed by atoms with Crippen LogP contribution in [0.5, 0.6) is 0 Å². The molecule has 0 aliphatic carbocycles. The maximum absolute atomic E-state index is 13.3. The second-order valence-corrected chi connectivity index (χ2v) is 10.2. The Morgan fingerprint density at radius 1 is 0.968 bits per heavy atom. The highest BCUT2D eigenvalue weighted by atomic mass is 79.9. The van der Waals surface area contributed by atoms with Crippen molar-refractivity contribution in [2.75, 3.05) is 10.8 Å². The predicted molar refractivity (Wildman–Crippen MR) is 128 cm³/mol. The van der Waals surface area contributed by atoms with Crippen LogP contribution < -0.4 is 9.62 Å². The number of hydrogen-bond acceptors (Lipinski definition) is 3. The van der Waals surface area contributed by atoms with Gasteiger partial charge in [0.25, 0.3) is 10.0 Å². The summed E-state index contributed by atoms with van der Waals surface area (Å²) in [5, 5.41) is 2.92. The van der Waals surface area contributed by atoms with Gasteiger partial charge in [0, 0.05) is 4.47 Å². The topological polar surface area (TPSA) is 66.5 Å². The summed E-state index contributed by atoms with van der Waals surface area (Å²) in [5.74, 6) is -0.381. The quantitative estimate of drug-likeness (QED) is 0.488. The lowest BCUT2D eigenvalue weighted by Crippen LogP contribution is -2.41. The molecule has 0 saturated carbocycles. The molecule has 0 aliphatic rings. The van der Waals surface area contributed by atoms with Gasteiger partial charge in [0.1, 0.15) is 6.54 Å². The summed E-state index contributed by atoms with van der Waals surface area (Å²) in [6.07, 6.45) is 0. The first-order chi connectivity index (χ1) is 14.7. The number of aryl methyl sites for hydroxylation is 2. The number of nitrogens with zero attached hydrogens (tertiary/aromatic N) is 1. The van der Waals surface area contributed by atoms with Crippen LogP contribution in [0.1, 0.15) is 29.7 Å². The molecule has 31 heavy (non-hydrogen) atoms. The van der Waals surface area contributed by atoms with Crippen molar-refractivity contribution in [3.05, 3.63) is 94.0 Å². The van der Waals surface area contributed by atoms with Gasteiger partial charge in [-0.15, -0.1) is 0 Å². The van der Waals surface area contributed by atoms with Gasteiger partial charge < -0.3 is 5.32 Å². The lowest BCUT2D eigenvalue weighted by atomic mass is 10.0. The van der Waals surface area contributed by atoms with Crippen molar-refractivity contribution in [3.63, 3.8) is 0 Å². The van der Waals surface area contributed by atoms with Crippen LogP contribution in [0, 0.1) is 13.8 Å². The highest BCUT2D eigenvalue weighted by Crippen LogP contribution is 2.25. The molecule has 3 rings (SSSR count). The number of anilines is 1. The van der Waals surface area contributed by atoms with Gasteiger partial charge in [-0.2, -0.15) is 0 Å². The molecule has 0 radical (unpaired) electrons. The fourth-order valence-electron chi connectivity index (χ4n) is 3.18. The van der Waals surface area contributed by atoms with E-state index in [2.05, 4.69) is 21.2 Å². The molecule has 1 unspecified atom stereocenters. The van der Waals surface area contributed by atoms with Crippen LogP contribution in [-0.2, 0) is 14.8 Å². The molecule has 0 saturated heterocycles. The number of rotatable bonds is 7. The van der Waals surface area contributed by atoms with E-state index >= 15 is 0 Å². The third-order valence-electron chi connectivity index (χ3n) is 5.14. The fraction of sp³-hybridized carbons (Fsp3) is 0.208. The minimum absolute atomic E-state index is 0.132. The SMILES string of the molecule is Cc1ccc(C(C)NC(=O)CN(c2ccc(Br)cc2)S(=O)(=O)c2ccccc2)cc1C. The fourth-order valence-corrected chi connectivity index (χ4v) is 4.88. The molecule has 0 fully saturated rings. The summed E-state index contributed by atoms with van der Waals surface area (Å²) in [5.41, 5.74) is 3.71. The highest BCUT2D eigenvalue weighted by molar-refractivity contribution is 9.10. The van der Waals surface area contributed by atoms with Crippen molar-refractivity contribution >= 4 is 37.5 Å². The summed E-state index contributed by atoms with van der Waals surface area (Å²) in [6.45, 7) is 5.62. The Hall–Kier alpha value is -2.64. The van der Waals surface area contributed by atoms with E-state index in [9.17, 15) is 13.2 Å². The van der Waals surface area contributed by atoms with Crippen LogP contribution in [0.25, 0.3) is 0 Å². The first kappa shape index (κ1) is 23.0. The first-order valence-electron chi connectivity index (χ1n) is 9.88. The standard InChI is InChI=1S/C24H25BrN2O3S/c1-17-9-10-20(15-18(17)2)19(3)26-24(28)16-27(22-13-11-21(25)12-14-22)31(29,30)23-7-5-4-6-8-23/h4-15,19H,16H2,1-3H3,(H,26,28). The number of hydrogen-bond donors (Lipinski definition) is 1. The molecule has 0 aliphatic heterocycles. The van der Waals surface area contributed by atoms with Crippen LogP contribution in [0.4, 0.5) is 5.69 Å². The van der Waals surface area contributed by atoms with Gasteiger partial charge in [-0.05, 0) is 73.9 Å². The van der Waals surface area contributed by atoms with E-state index < -0.39 is 10.0 Å². The number of benzene rings is 3. The van der Waals surface area contributed by atoms with E-state index in [1.807, 2.05) is 39.0 Å². The summed E-state index contributed by atoms with van der Waals surface area (Å²) in [7, 11) is -3.92. The van der Waals surface area contributed by atoms with Crippen molar-refractivity contribution in [2.24, 2.45) is 0 Å². The lowest BCUT2D eigenvalue weighted by molar-refractivity contribution is -0.120. The predicted octanol–water partition coefficient (Wildman–Crippen LogP) is 5.14. The Labute approximate surface area is 192 Å². The number of carbonyl (C=O) groups is 1. The third kappa shape index (κ3) is 5.54. The number of halogens is 1. The van der Waals surface area contributed by atoms with Crippen LogP contribution >= 0.6 is 15.9 Å². The Balaban J connectivity index is 1.87. The van der Waals surface area contributed by atoms with Gasteiger partial charge in [-0.3, -0.25) is 9.10 Å². The Morgan fingerprint density at radius 3 is 2.23 bits per heavy atom. The Morgan fingerprint density at radius 2 is 1.61 bits per heavy atom. The van der Waals surface area contributed by atoms with Gasteiger partial charge >= 0.3 is 0 Å². The summed E-state index contributed by atoms with van der Waals surface area (Å²) < 4.78 is 28.6. The zero-order valence-electron chi connectivity index (χ0n) is 17.7. The van der Waals surface area contributed by atoms with E-state index in [1.165, 1.54) is 17.7 Å². The van der Waals surface area contributed by atoms with Crippen molar-refractivity contribution in [1.82, 2.24) is 5.32 Å². The van der Waals surface area contributed by atoms with Crippen molar-refractivity contribution < 1.29 is 13.2 Å². The van der Waals surface area contributed by atoms with Gasteiger partial charge in [-0.1, -0.05) is 52.3 Å². The molecule has 3 aromatic carbocycles. The first-order valence-corrected chi connectivity index (χ1v) is 12.1. The van der Waals surface area contributed by atoms with E-state index in [1.54, 1.807) is 42.5 Å². The molecule has 1 N–H and O–H groups in total. The van der Waals surface area contributed by atoms with E-state index in [4.69, 9.17) is 0 Å². The molecule has 0 bridgehead atoms. The number of sulfonamides is 1. The largest absolute Gasteiger partial charge is 0.348 e. The molecular weight excluding hydrogens is 476 g/mol. The zero-order valence-corrected chi connectivity index (χ0v) is 20.1. The monoisotopic (exact) mass is 500 g/mol. The molecule has 1 amide bonds. The Kier molecular flexibility index (Phi) is 7.18. The highest BCUT2D eigenvalue weighted by Gasteiger charge is 2.27. The smallest absolute Gasteiger partial charge is 0.264 e. The van der Waals surface area contributed by atoms with Gasteiger partial charge in [-0.25, -0.2) is 8.42 Å². The molecule has 0 heterocycles. The molecule has 7 heteroatoms. The lowest BCUT2D eigenvalue weighted by Gasteiger charge is -2.25. The van der Waals surface area contributed by atoms with Gasteiger partial charge in [0.2, 0.25) is 5.91 Å². The van der Waals surface area contributed by atoms with Crippen molar-refractivity contribution in [3.8, 4) is 0 Å². The van der Waals surface area contributed by atoms with Gasteiger partial charge in [0.05, 0.1) is 16.6 Å². The van der Waals surface area contributed by atoms with Crippen LogP contribution in [-0.4, -0.2) is 20.9 Å². The normalized spacial score (nSPS) is 12.3. The minimum atomic E-state index is -3.92. The molecule has 3 aromatic rings. The Bertz CT molecular complexity index is 1160. The second kappa shape index (κ2) is 9.66. The molecule has 0 spiro atoms. The van der Waals surface area contributed by atoms with E-state index in [0.717, 1.165) is 19.9 Å². The number of carbonyl (C=O) groups excluding carboxylic acids is 1. The van der Waals surface area contributed by atoms with Crippen LogP contribution in [0.2, 0.25) is 0 Å². The van der Waals surface area contributed by atoms with Crippen molar-refractivity contribution in [2.45, 2.75) is 31.7 Å². The summed E-state index contributed by atoms with van der Waals surface area (Å²) >= 11 is 3.36. The number of nitrogens with one attached hydrogen (secondary N) is 1. The van der Waals surface area contributed by atoms with Crippen molar-refractivity contribution in [1.29, 1.82) is 0 Å². The van der Waals surface area contributed by atoms with E-state index in [0.29, 0.717) is 5.69 Å². The molecule has 162 valence electrons. The molecule has 5 nitrogen and oxygen atoms in total.